The summed E-state index contributed by atoms with van der Waals surface area (Å²) in [6.07, 6.45) is -0.834. The molecule has 0 aliphatic carbocycles. The van der Waals surface area contributed by atoms with Crippen LogP contribution in [0.2, 0.25) is 5.02 Å². The van der Waals surface area contributed by atoms with Crippen LogP contribution in [0.3, 0.4) is 0 Å². The van der Waals surface area contributed by atoms with E-state index in [-0.39, 0.29) is 12.5 Å². The highest BCUT2D eigenvalue weighted by atomic mass is 35.5. The Morgan fingerprint density at radius 3 is 2.75 bits per heavy atom. The molecule has 0 saturated heterocycles. The van der Waals surface area contributed by atoms with Gasteiger partial charge in [-0.25, -0.2) is 4.79 Å². The van der Waals surface area contributed by atoms with Gasteiger partial charge in [-0.15, -0.1) is 11.3 Å². The molecule has 1 amide bonds. The zero-order chi connectivity index (χ0) is 17.5. The minimum Gasteiger partial charge on any atom is -0.479 e. The monoisotopic (exact) mass is 367 g/mol. The van der Waals surface area contributed by atoms with Crippen LogP contribution in [0, 0.1) is 0 Å². The molecule has 1 aromatic heterocycles. The number of ether oxygens (including phenoxy) is 2. The first kappa shape index (κ1) is 18.3. The van der Waals surface area contributed by atoms with E-state index in [0.717, 1.165) is 4.88 Å². The smallest absolute Gasteiger partial charge is 0.347 e. The predicted molar refractivity (Wildman–Crippen MR) is 93.3 cm³/mol. The zero-order valence-electron chi connectivity index (χ0n) is 13.4. The Hall–Kier alpha value is -2.05. The van der Waals surface area contributed by atoms with Crippen molar-refractivity contribution in [3.63, 3.8) is 0 Å². The number of likely N-dealkylation sites (N-methyl/N-ethyl adjacent to an activating group) is 1. The average molecular weight is 368 g/mol. The lowest BCUT2D eigenvalue weighted by Crippen LogP contribution is -2.33. The van der Waals surface area contributed by atoms with Crippen molar-refractivity contribution in [1.82, 2.24) is 4.90 Å². The number of thiophene rings is 1. The third-order valence-corrected chi connectivity index (χ3v) is 4.27. The number of carbonyl (C=O) groups excluding carboxylic acids is 2. The number of nitrogens with zero attached hydrogens (tertiary/aromatic N) is 1. The largest absolute Gasteiger partial charge is 0.479 e. The maximum atomic E-state index is 12.0. The number of rotatable bonds is 7. The quantitative estimate of drug-likeness (QED) is 0.704. The second-order valence-electron chi connectivity index (χ2n) is 5.15. The molecule has 1 heterocycles. The molecule has 0 N–H and O–H groups in total. The molecule has 0 aliphatic heterocycles. The van der Waals surface area contributed by atoms with Crippen LogP contribution in [-0.2, 0) is 20.9 Å². The Labute approximate surface area is 149 Å². The second kappa shape index (κ2) is 8.70. The van der Waals surface area contributed by atoms with Gasteiger partial charge in [0, 0.05) is 16.9 Å². The first-order valence-electron chi connectivity index (χ1n) is 7.31. The minimum absolute atomic E-state index is 0.272. The number of carbonyl (C=O) groups is 2. The fourth-order valence-electron chi connectivity index (χ4n) is 1.88. The van der Waals surface area contributed by atoms with E-state index in [2.05, 4.69) is 0 Å². The lowest BCUT2D eigenvalue weighted by Gasteiger charge is -2.18. The van der Waals surface area contributed by atoms with Gasteiger partial charge >= 0.3 is 5.97 Å². The molecule has 0 saturated carbocycles. The fourth-order valence-corrected chi connectivity index (χ4v) is 2.81. The van der Waals surface area contributed by atoms with Crippen LogP contribution in [0.25, 0.3) is 0 Å². The van der Waals surface area contributed by atoms with Gasteiger partial charge in [0.05, 0.1) is 6.54 Å². The molecule has 5 nitrogen and oxygen atoms in total. The van der Waals surface area contributed by atoms with Gasteiger partial charge in [0.1, 0.15) is 5.75 Å². The third kappa shape index (κ3) is 5.54. The maximum Gasteiger partial charge on any atom is 0.347 e. The Balaban J connectivity index is 1.78. The SMILES string of the molecule is CC(Oc1cccc(Cl)c1)C(=O)OCC(=O)N(C)Cc1cccs1. The fraction of sp³-hybridized carbons (Fsp3) is 0.294. The molecule has 128 valence electrons. The Morgan fingerprint density at radius 2 is 2.08 bits per heavy atom. The van der Waals surface area contributed by atoms with E-state index < -0.39 is 12.1 Å². The van der Waals surface area contributed by atoms with Gasteiger partial charge in [0.15, 0.2) is 12.7 Å². The normalized spacial score (nSPS) is 11.6. The summed E-state index contributed by atoms with van der Waals surface area (Å²) in [5.41, 5.74) is 0. The van der Waals surface area contributed by atoms with Crippen LogP contribution in [0.15, 0.2) is 41.8 Å². The molecule has 7 heteroatoms. The van der Waals surface area contributed by atoms with Crippen molar-refractivity contribution in [2.45, 2.75) is 19.6 Å². The molecule has 2 aromatic rings. The number of benzene rings is 1. The molecule has 0 fully saturated rings. The van der Waals surface area contributed by atoms with Gasteiger partial charge in [0.25, 0.3) is 5.91 Å². The summed E-state index contributed by atoms with van der Waals surface area (Å²) < 4.78 is 10.5. The van der Waals surface area contributed by atoms with E-state index >= 15 is 0 Å². The summed E-state index contributed by atoms with van der Waals surface area (Å²) in [7, 11) is 1.67. The van der Waals surface area contributed by atoms with Gasteiger partial charge in [-0.3, -0.25) is 4.79 Å². The summed E-state index contributed by atoms with van der Waals surface area (Å²) in [5.74, 6) is -0.410. The molecule has 24 heavy (non-hydrogen) atoms. The van der Waals surface area contributed by atoms with E-state index in [0.29, 0.717) is 17.3 Å². The van der Waals surface area contributed by atoms with E-state index in [9.17, 15) is 9.59 Å². The maximum absolute atomic E-state index is 12.0. The van der Waals surface area contributed by atoms with Gasteiger partial charge in [-0.2, -0.15) is 0 Å². The van der Waals surface area contributed by atoms with Crippen LogP contribution >= 0.6 is 22.9 Å². The molecular weight excluding hydrogens is 350 g/mol. The first-order chi connectivity index (χ1) is 11.5. The predicted octanol–water partition coefficient (Wildman–Crippen LogP) is 3.37. The van der Waals surface area contributed by atoms with Gasteiger partial charge in [0.2, 0.25) is 0 Å². The highest BCUT2D eigenvalue weighted by molar-refractivity contribution is 7.09. The van der Waals surface area contributed by atoms with Gasteiger partial charge < -0.3 is 14.4 Å². The molecule has 2 rings (SSSR count). The van der Waals surface area contributed by atoms with E-state index in [1.807, 2.05) is 17.5 Å². The molecule has 1 aromatic carbocycles. The summed E-state index contributed by atoms with van der Waals surface area (Å²) in [6.45, 7) is 1.73. The van der Waals surface area contributed by atoms with Crippen molar-refractivity contribution in [2.75, 3.05) is 13.7 Å². The number of hydrogen-bond acceptors (Lipinski definition) is 5. The molecule has 0 bridgehead atoms. The summed E-state index contributed by atoms with van der Waals surface area (Å²) in [5, 5.41) is 2.46. The van der Waals surface area contributed by atoms with Crippen molar-refractivity contribution < 1.29 is 19.1 Å². The van der Waals surface area contributed by atoms with Crippen LogP contribution in [0.4, 0.5) is 0 Å². The number of halogens is 1. The van der Waals surface area contributed by atoms with Crippen LogP contribution in [0.5, 0.6) is 5.75 Å². The zero-order valence-corrected chi connectivity index (χ0v) is 15.0. The number of hydrogen-bond donors (Lipinski definition) is 0. The van der Waals surface area contributed by atoms with Crippen molar-refractivity contribution >= 4 is 34.8 Å². The molecular formula is C17H18ClNO4S. The Bertz CT molecular complexity index is 690. The highest BCUT2D eigenvalue weighted by Crippen LogP contribution is 2.18. The summed E-state index contributed by atoms with van der Waals surface area (Å²) in [4.78, 5) is 26.5. The van der Waals surface area contributed by atoms with Crippen molar-refractivity contribution in [3.8, 4) is 5.75 Å². The molecule has 0 aliphatic rings. The van der Waals surface area contributed by atoms with E-state index in [1.165, 1.54) is 4.90 Å². The van der Waals surface area contributed by atoms with Crippen LogP contribution in [0.1, 0.15) is 11.8 Å². The van der Waals surface area contributed by atoms with Crippen LogP contribution < -0.4 is 4.74 Å². The van der Waals surface area contributed by atoms with Crippen LogP contribution in [-0.4, -0.2) is 36.5 Å². The molecule has 1 unspecified atom stereocenters. The lowest BCUT2D eigenvalue weighted by atomic mass is 10.3. The Kier molecular flexibility index (Phi) is 6.63. The van der Waals surface area contributed by atoms with Gasteiger partial charge in [-0.05, 0) is 36.6 Å². The van der Waals surface area contributed by atoms with E-state index in [4.69, 9.17) is 21.1 Å². The highest BCUT2D eigenvalue weighted by Gasteiger charge is 2.19. The lowest BCUT2D eigenvalue weighted by molar-refractivity contribution is -0.157. The van der Waals surface area contributed by atoms with Crippen molar-refractivity contribution in [2.24, 2.45) is 0 Å². The van der Waals surface area contributed by atoms with Crippen molar-refractivity contribution in [1.29, 1.82) is 0 Å². The summed E-state index contributed by atoms with van der Waals surface area (Å²) >= 11 is 7.43. The third-order valence-electron chi connectivity index (χ3n) is 3.18. The first-order valence-corrected chi connectivity index (χ1v) is 8.56. The second-order valence-corrected chi connectivity index (χ2v) is 6.62. The topological polar surface area (TPSA) is 55.8 Å². The van der Waals surface area contributed by atoms with Crippen molar-refractivity contribution in [3.05, 3.63) is 51.7 Å². The number of esters is 1. The molecule has 0 radical (unpaired) electrons. The number of amides is 1. The average Bonchev–Trinajstić information content (AvgIpc) is 3.05. The Morgan fingerprint density at radius 1 is 1.29 bits per heavy atom. The van der Waals surface area contributed by atoms with E-state index in [1.54, 1.807) is 49.6 Å². The molecule has 1 atom stereocenters. The standard InChI is InChI=1S/C17H18ClNO4S/c1-12(23-14-6-3-5-13(18)9-14)17(21)22-11-16(20)19(2)10-15-7-4-8-24-15/h3-9,12H,10-11H2,1-2H3. The minimum atomic E-state index is -0.834. The van der Waals surface area contributed by atoms with Gasteiger partial charge in [-0.1, -0.05) is 23.7 Å². The summed E-state index contributed by atoms with van der Waals surface area (Å²) in [6, 6.07) is 10.6. The molecule has 0 spiro atoms.